The van der Waals surface area contributed by atoms with Gasteiger partial charge in [-0.05, 0) is 41.7 Å². The lowest BCUT2D eigenvalue weighted by Gasteiger charge is -2.30. The van der Waals surface area contributed by atoms with Crippen molar-refractivity contribution in [2.45, 2.75) is 40.7 Å². The first-order valence-electron chi connectivity index (χ1n) is 9.24. The van der Waals surface area contributed by atoms with Crippen LogP contribution in [0.1, 0.15) is 39.7 Å². The summed E-state index contributed by atoms with van der Waals surface area (Å²) in [6, 6.07) is 9.66. The van der Waals surface area contributed by atoms with E-state index < -0.39 is 0 Å². The maximum atomic E-state index is 13.2. The number of halogens is 1. The van der Waals surface area contributed by atoms with Crippen LogP contribution in [0.5, 0.6) is 5.75 Å². The monoisotopic (exact) mass is 386 g/mol. The van der Waals surface area contributed by atoms with Gasteiger partial charge in [0.1, 0.15) is 11.6 Å². The molecule has 0 fully saturated rings. The molecule has 5 nitrogen and oxygen atoms in total. The number of rotatable bonds is 4. The second-order valence-electron chi connectivity index (χ2n) is 8.32. The molecule has 0 aromatic heterocycles. The number of nitrogens with zero attached hydrogens (tertiary/aromatic N) is 1. The Hall–Kier alpha value is -2.89. The molecule has 1 aliphatic heterocycles. The van der Waals surface area contributed by atoms with Crippen LogP contribution in [0.3, 0.4) is 0 Å². The smallest absolute Gasteiger partial charge is 0.265 e. The number of hydrogen-bond acceptors (Lipinski definition) is 3. The van der Waals surface area contributed by atoms with Crippen molar-refractivity contribution in [3.63, 3.8) is 0 Å². The maximum absolute atomic E-state index is 13.2. The van der Waals surface area contributed by atoms with Crippen LogP contribution in [-0.4, -0.2) is 18.4 Å². The molecule has 6 heteroatoms. The minimum atomic E-state index is -0.316. The molecule has 28 heavy (non-hydrogen) atoms. The van der Waals surface area contributed by atoms with Gasteiger partial charge in [0.25, 0.3) is 5.91 Å². The van der Waals surface area contributed by atoms with Gasteiger partial charge in [-0.2, -0.15) is 0 Å². The van der Waals surface area contributed by atoms with Gasteiger partial charge in [0.2, 0.25) is 5.91 Å². The van der Waals surface area contributed by atoms with Crippen LogP contribution in [-0.2, 0) is 16.1 Å². The van der Waals surface area contributed by atoms with Crippen molar-refractivity contribution in [3.05, 3.63) is 53.3 Å². The van der Waals surface area contributed by atoms with Gasteiger partial charge in [-0.15, -0.1) is 0 Å². The zero-order valence-corrected chi connectivity index (χ0v) is 16.6. The molecule has 0 atom stereocenters. The summed E-state index contributed by atoms with van der Waals surface area (Å²) in [6.45, 7) is 8.15. The average Bonchev–Trinajstić information content (AvgIpc) is 2.59. The Labute approximate surface area is 166 Å². The molecule has 1 heterocycles. The van der Waals surface area contributed by atoms with Crippen molar-refractivity contribution < 1.29 is 20.1 Å². The molecule has 2 aromatic rings. The van der Waals surface area contributed by atoms with E-state index in [1.165, 1.54) is 12.1 Å². The number of fused-ring (bicyclic) bond motifs is 1. The van der Waals surface area contributed by atoms with Gasteiger partial charge in [-0.3, -0.25) is 9.59 Å². The lowest BCUT2D eigenvalue weighted by molar-refractivity contribution is -0.121. The number of aryl methyl sites for hydroxylation is 1. The lowest BCUT2D eigenvalue weighted by Crippen LogP contribution is -2.38. The fraction of sp³-hybridized carbons (Fsp3) is 0.364. The highest BCUT2D eigenvalue weighted by molar-refractivity contribution is 5.99. The Balaban J connectivity index is 0.00000300. The van der Waals surface area contributed by atoms with Crippen molar-refractivity contribution in [1.82, 2.24) is 0 Å². The maximum Gasteiger partial charge on any atom is 0.265 e. The molecule has 2 aromatic carbocycles. The summed E-state index contributed by atoms with van der Waals surface area (Å²) in [5.74, 6) is -0.00587. The summed E-state index contributed by atoms with van der Waals surface area (Å²) in [5.41, 5.74) is 2.86. The number of carbonyl (C=O) groups excluding carboxylic acids is 2. The molecule has 1 N–H and O–H groups in total. The van der Waals surface area contributed by atoms with Gasteiger partial charge >= 0.3 is 0 Å². The van der Waals surface area contributed by atoms with Crippen molar-refractivity contribution >= 4 is 23.2 Å². The molecule has 0 radical (unpaired) electrons. The summed E-state index contributed by atoms with van der Waals surface area (Å²) in [4.78, 5) is 26.3. The van der Waals surface area contributed by atoms with E-state index in [1.807, 2.05) is 33.8 Å². The van der Waals surface area contributed by atoms with E-state index in [1.54, 1.807) is 23.1 Å². The second kappa shape index (κ2) is 7.62. The molecular formula is C22H27FN2O3. The molecule has 0 spiro atoms. The molecule has 0 saturated heterocycles. The van der Waals surface area contributed by atoms with E-state index in [0.29, 0.717) is 30.1 Å². The Kier molecular flexibility index (Phi) is 5.40. The quantitative estimate of drug-likeness (QED) is 0.830. The molecule has 0 aliphatic carbocycles. The minimum Gasteiger partial charge on any atom is -0.481 e. The predicted octanol–water partition coefficient (Wildman–Crippen LogP) is 4.68. The fourth-order valence-electron chi connectivity index (χ4n) is 3.11. The zero-order valence-electron chi connectivity index (χ0n) is 16.6. The third-order valence-electron chi connectivity index (χ3n) is 4.47. The van der Waals surface area contributed by atoms with Crippen LogP contribution in [0.15, 0.2) is 36.4 Å². The summed E-state index contributed by atoms with van der Waals surface area (Å²) < 4.78 is 18.7. The normalized spacial score (nSPS) is 13.8. The molecule has 150 valence electrons. The van der Waals surface area contributed by atoms with Crippen LogP contribution in [0.25, 0.3) is 0 Å². The number of amides is 2. The highest BCUT2D eigenvalue weighted by Crippen LogP contribution is 2.38. The molecular weight excluding hydrogens is 359 g/mol. The number of anilines is 2. The standard InChI is InChI=1S/C22H25FN2O3.H2/c1-14-9-18-19(10-17(14)24-20(26)11-22(2,3)4)28-13-21(27)25(18)12-15-5-7-16(23)8-6-15;/h5-10H,11-13H2,1-4H3,(H,24,26);1H. The Morgan fingerprint density at radius 1 is 1.25 bits per heavy atom. The first kappa shape index (κ1) is 19.9. The summed E-state index contributed by atoms with van der Waals surface area (Å²) in [7, 11) is 0. The van der Waals surface area contributed by atoms with Gasteiger partial charge in [0, 0.05) is 19.6 Å². The summed E-state index contributed by atoms with van der Waals surface area (Å²) in [6.07, 6.45) is 0.402. The molecule has 0 unspecified atom stereocenters. The fourth-order valence-corrected chi connectivity index (χ4v) is 3.11. The number of hydrogen-bond donors (Lipinski definition) is 1. The lowest BCUT2D eigenvalue weighted by atomic mass is 9.92. The van der Waals surface area contributed by atoms with E-state index in [0.717, 1.165) is 11.1 Å². The predicted molar refractivity (Wildman–Crippen MR) is 109 cm³/mol. The van der Waals surface area contributed by atoms with E-state index in [-0.39, 0.29) is 31.1 Å². The molecule has 1 aliphatic rings. The van der Waals surface area contributed by atoms with Crippen molar-refractivity contribution in [3.8, 4) is 5.75 Å². The highest BCUT2D eigenvalue weighted by Gasteiger charge is 2.27. The Morgan fingerprint density at radius 2 is 1.93 bits per heavy atom. The van der Waals surface area contributed by atoms with Crippen molar-refractivity contribution in [2.24, 2.45) is 5.41 Å². The van der Waals surface area contributed by atoms with Crippen LogP contribution >= 0.6 is 0 Å². The average molecular weight is 386 g/mol. The van der Waals surface area contributed by atoms with Crippen LogP contribution in [0.2, 0.25) is 0 Å². The third kappa shape index (κ3) is 4.68. The minimum absolute atomic E-state index is 0. The number of benzene rings is 2. The second-order valence-corrected chi connectivity index (χ2v) is 8.32. The summed E-state index contributed by atoms with van der Waals surface area (Å²) in [5, 5.41) is 2.93. The molecule has 0 saturated carbocycles. The van der Waals surface area contributed by atoms with Crippen molar-refractivity contribution in [1.29, 1.82) is 0 Å². The van der Waals surface area contributed by atoms with Crippen LogP contribution in [0.4, 0.5) is 15.8 Å². The van der Waals surface area contributed by atoms with E-state index >= 15 is 0 Å². The zero-order chi connectivity index (χ0) is 20.5. The van der Waals surface area contributed by atoms with Crippen LogP contribution < -0.4 is 15.0 Å². The van der Waals surface area contributed by atoms with Crippen molar-refractivity contribution in [2.75, 3.05) is 16.8 Å². The first-order chi connectivity index (χ1) is 13.1. The third-order valence-corrected chi connectivity index (χ3v) is 4.47. The van der Waals surface area contributed by atoms with Gasteiger partial charge < -0.3 is 15.0 Å². The molecule has 0 bridgehead atoms. The molecule has 2 amide bonds. The summed E-state index contributed by atoms with van der Waals surface area (Å²) >= 11 is 0. The Bertz CT molecular complexity index is 908. The Morgan fingerprint density at radius 3 is 2.57 bits per heavy atom. The van der Waals surface area contributed by atoms with E-state index in [2.05, 4.69) is 5.32 Å². The largest absolute Gasteiger partial charge is 0.481 e. The van der Waals surface area contributed by atoms with E-state index in [9.17, 15) is 14.0 Å². The van der Waals surface area contributed by atoms with Gasteiger partial charge in [0.05, 0.1) is 12.2 Å². The number of nitrogens with one attached hydrogen (secondary N) is 1. The highest BCUT2D eigenvalue weighted by atomic mass is 19.1. The SMILES string of the molecule is Cc1cc2c(cc1NC(=O)CC(C)(C)C)OCC(=O)N2Cc1ccc(F)cc1.[HH]. The van der Waals surface area contributed by atoms with E-state index in [4.69, 9.17) is 4.74 Å². The van der Waals surface area contributed by atoms with Gasteiger partial charge in [-0.1, -0.05) is 32.9 Å². The number of carbonyl (C=O) groups is 2. The first-order valence-corrected chi connectivity index (χ1v) is 9.24. The number of ether oxygens (including phenoxy) is 1. The van der Waals surface area contributed by atoms with Gasteiger partial charge in [-0.25, -0.2) is 4.39 Å². The topological polar surface area (TPSA) is 58.6 Å². The van der Waals surface area contributed by atoms with Gasteiger partial charge in [0.15, 0.2) is 6.61 Å². The molecule has 3 rings (SSSR count). The van der Waals surface area contributed by atoms with Crippen LogP contribution in [0, 0.1) is 18.2 Å².